The van der Waals surface area contributed by atoms with Crippen LogP contribution < -0.4 is 0 Å². The van der Waals surface area contributed by atoms with Crippen LogP contribution in [-0.4, -0.2) is 10.1 Å². The summed E-state index contributed by atoms with van der Waals surface area (Å²) in [5, 5.41) is 11.7. The molecule has 1 aromatic heterocycles. The van der Waals surface area contributed by atoms with E-state index in [4.69, 9.17) is 34.8 Å². The van der Waals surface area contributed by atoms with Crippen molar-refractivity contribution in [2.24, 2.45) is 0 Å². The minimum atomic E-state index is -0.810. The first-order valence-corrected chi connectivity index (χ1v) is 6.43. The Morgan fingerprint density at radius 2 is 1.89 bits per heavy atom. The van der Waals surface area contributed by atoms with Crippen LogP contribution in [0.2, 0.25) is 15.1 Å². The standard InChI is InChI=1S/C13H10Cl3NO/c14-9-3-4-10(15)8(6-9)7-12(18)13-11(16)2-1-5-17-13/h1-6,12,18H,7H2. The number of hydrogen-bond acceptors (Lipinski definition) is 2. The lowest BCUT2D eigenvalue weighted by Gasteiger charge is -2.12. The maximum Gasteiger partial charge on any atom is 0.102 e. The Bertz CT molecular complexity index is 560. The first-order valence-electron chi connectivity index (χ1n) is 5.30. The fraction of sp³-hybridized carbons (Fsp3) is 0.154. The van der Waals surface area contributed by atoms with E-state index in [0.29, 0.717) is 27.2 Å². The lowest BCUT2D eigenvalue weighted by Crippen LogP contribution is -2.05. The van der Waals surface area contributed by atoms with E-state index in [1.165, 1.54) is 0 Å². The summed E-state index contributed by atoms with van der Waals surface area (Å²) >= 11 is 17.9. The summed E-state index contributed by atoms with van der Waals surface area (Å²) in [5.41, 5.74) is 1.20. The Morgan fingerprint density at radius 1 is 1.11 bits per heavy atom. The van der Waals surface area contributed by atoms with Crippen LogP contribution in [-0.2, 0) is 6.42 Å². The largest absolute Gasteiger partial charge is 0.386 e. The van der Waals surface area contributed by atoms with Gasteiger partial charge < -0.3 is 5.11 Å². The van der Waals surface area contributed by atoms with Crippen molar-refractivity contribution in [2.75, 3.05) is 0 Å². The molecular weight excluding hydrogens is 293 g/mol. The topological polar surface area (TPSA) is 33.1 Å². The van der Waals surface area contributed by atoms with Gasteiger partial charge in [0.15, 0.2) is 0 Å². The van der Waals surface area contributed by atoms with Gasteiger partial charge in [-0.2, -0.15) is 0 Å². The van der Waals surface area contributed by atoms with Gasteiger partial charge in [0.25, 0.3) is 0 Å². The maximum atomic E-state index is 10.1. The Balaban J connectivity index is 2.24. The van der Waals surface area contributed by atoms with Crippen molar-refractivity contribution < 1.29 is 5.11 Å². The summed E-state index contributed by atoms with van der Waals surface area (Å²) in [6.07, 6.45) is 1.09. The van der Waals surface area contributed by atoms with Gasteiger partial charge in [0.05, 0.1) is 10.7 Å². The molecule has 1 heterocycles. The van der Waals surface area contributed by atoms with E-state index < -0.39 is 6.10 Å². The first-order chi connectivity index (χ1) is 8.58. The molecule has 0 bridgehead atoms. The van der Waals surface area contributed by atoms with Gasteiger partial charge in [-0.3, -0.25) is 4.98 Å². The molecule has 0 saturated carbocycles. The SMILES string of the molecule is OC(Cc1cc(Cl)ccc1Cl)c1ncccc1Cl. The molecule has 0 aliphatic heterocycles. The second-order valence-corrected chi connectivity index (χ2v) is 5.08. The third kappa shape index (κ3) is 3.15. The number of halogens is 3. The van der Waals surface area contributed by atoms with Gasteiger partial charge in [0, 0.05) is 22.7 Å². The molecule has 2 nitrogen and oxygen atoms in total. The lowest BCUT2D eigenvalue weighted by molar-refractivity contribution is 0.174. The fourth-order valence-corrected chi connectivity index (χ4v) is 2.28. The van der Waals surface area contributed by atoms with Crippen molar-refractivity contribution in [2.45, 2.75) is 12.5 Å². The summed E-state index contributed by atoms with van der Waals surface area (Å²) in [7, 11) is 0. The van der Waals surface area contributed by atoms with Gasteiger partial charge in [-0.25, -0.2) is 0 Å². The molecule has 1 unspecified atom stereocenters. The Kier molecular flexibility index (Phi) is 4.46. The van der Waals surface area contributed by atoms with Crippen molar-refractivity contribution >= 4 is 34.8 Å². The van der Waals surface area contributed by atoms with Crippen molar-refractivity contribution in [1.29, 1.82) is 0 Å². The molecule has 1 N–H and O–H groups in total. The van der Waals surface area contributed by atoms with Crippen LogP contribution in [0.1, 0.15) is 17.4 Å². The molecule has 18 heavy (non-hydrogen) atoms. The van der Waals surface area contributed by atoms with E-state index >= 15 is 0 Å². The number of benzene rings is 1. The van der Waals surface area contributed by atoms with E-state index in [0.717, 1.165) is 5.56 Å². The first kappa shape index (κ1) is 13.6. The highest BCUT2D eigenvalue weighted by Crippen LogP contribution is 2.28. The van der Waals surface area contributed by atoms with Gasteiger partial charge in [0.2, 0.25) is 0 Å². The zero-order chi connectivity index (χ0) is 13.1. The third-order valence-electron chi connectivity index (χ3n) is 2.52. The summed E-state index contributed by atoms with van der Waals surface area (Å²) in [6, 6.07) is 8.53. The van der Waals surface area contributed by atoms with Crippen LogP contribution in [0.5, 0.6) is 0 Å². The fourth-order valence-electron chi connectivity index (χ4n) is 1.65. The van der Waals surface area contributed by atoms with Crippen LogP contribution >= 0.6 is 34.8 Å². The van der Waals surface area contributed by atoms with Gasteiger partial charge in [-0.15, -0.1) is 0 Å². The Labute approximate surface area is 120 Å². The Hall–Kier alpha value is -0.800. The smallest absolute Gasteiger partial charge is 0.102 e. The van der Waals surface area contributed by atoms with Crippen LogP contribution in [0.3, 0.4) is 0 Å². The molecule has 94 valence electrons. The second kappa shape index (κ2) is 5.89. The number of aliphatic hydroxyl groups excluding tert-OH is 1. The Morgan fingerprint density at radius 3 is 2.61 bits per heavy atom. The summed E-state index contributed by atoms with van der Waals surface area (Å²) < 4.78 is 0. The molecule has 1 aromatic carbocycles. The molecule has 0 saturated heterocycles. The molecule has 0 radical (unpaired) electrons. The van der Waals surface area contributed by atoms with E-state index in [2.05, 4.69) is 4.98 Å². The zero-order valence-electron chi connectivity index (χ0n) is 9.28. The predicted octanol–water partition coefficient (Wildman–Crippen LogP) is 4.32. The zero-order valence-corrected chi connectivity index (χ0v) is 11.5. The number of pyridine rings is 1. The molecule has 1 atom stereocenters. The van der Waals surface area contributed by atoms with Gasteiger partial charge in [0.1, 0.15) is 6.10 Å². The molecule has 0 aliphatic carbocycles. The molecule has 0 amide bonds. The van der Waals surface area contributed by atoms with Gasteiger partial charge in [-0.05, 0) is 35.9 Å². The summed E-state index contributed by atoms with van der Waals surface area (Å²) in [6.45, 7) is 0. The van der Waals surface area contributed by atoms with Gasteiger partial charge >= 0.3 is 0 Å². The highest BCUT2D eigenvalue weighted by molar-refractivity contribution is 6.33. The number of rotatable bonds is 3. The number of aliphatic hydroxyl groups is 1. The summed E-state index contributed by atoms with van der Waals surface area (Å²) in [5.74, 6) is 0. The molecule has 0 aliphatic rings. The van der Waals surface area contributed by atoms with E-state index in [1.807, 2.05) is 0 Å². The van der Waals surface area contributed by atoms with Crippen LogP contribution in [0, 0.1) is 0 Å². The quantitative estimate of drug-likeness (QED) is 0.916. The minimum absolute atomic E-state index is 0.316. The molecule has 0 fully saturated rings. The third-order valence-corrected chi connectivity index (χ3v) is 3.45. The minimum Gasteiger partial charge on any atom is -0.386 e. The average Bonchev–Trinajstić information content (AvgIpc) is 2.34. The van der Waals surface area contributed by atoms with Gasteiger partial charge in [-0.1, -0.05) is 34.8 Å². The predicted molar refractivity (Wildman–Crippen MR) is 74.4 cm³/mol. The normalized spacial score (nSPS) is 12.4. The molecule has 2 rings (SSSR count). The monoisotopic (exact) mass is 301 g/mol. The number of nitrogens with zero attached hydrogens (tertiary/aromatic N) is 1. The summed E-state index contributed by atoms with van der Waals surface area (Å²) in [4.78, 5) is 4.07. The van der Waals surface area contributed by atoms with Crippen LogP contribution in [0.15, 0.2) is 36.5 Å². The molecule has 2 aromatic rings. The average molecular weight is 303 g/mol. The van der Waals surface area contributed by atoms with Crippen molar-refractivity contribution in [3.05, 3.63) is 62.9 Å². The maximum absolute atomic E-state index is 10.1. The number of hydrogen-bond donors (Lipinski definition) is 1. The molecular formula is C13H10Cl3NO. The van der Waals surface area contributed by atoms with E-state index in [-0.39, 0.29) is 0 Å². The van der Waals surface area contributed by atoms with Crippen LogP contribution in [0.25, 0.3) is 0 Å². The van der Waals surface area contributed by atoms with E-state index in [1.54, 1.807) is 36.5 Å². The van der Waals surface area contributed by atoms with E-state index in [9.17, 15) is 5.11 Å². The van der Waals surface area contributed by atoms with Crippen molar-refractivity contribution in [1.82, 2.24) is 4.98 Å². The van der Waals surface area contributed by atoms with Crippen molar-refractivity contribution in [3.8, 4) is 0 Å². The van der Waals surface area contributed by atoms with Crippen molar-refractivity contribution in [3.63, 3.8) is 0 Å². The molecule has 0 spiro atoms. The van der Waals surface area contributed by atoms with Crippen LogP contribution in [0.4, 0.5) is 0 Å². The number of aromatic nitrogens is 1. The highest BCUT2D eigenvalue weighted by atomic mass is 35.5. The lowest BCUT2D eigenvalue weighted by atomic mass is 10.1. The molecule has 5 heteroatoms. The second-order valence-electron chi connectivity index (χ2n) is 3.83. The highest BCUT2D eigenvalue weighted by Gasteiger charge is 2.15.